The number of rotatable bonds is 3. The highest BCUT2D eigenvalue weighted by molar-refractivity contribution is 7.80. The predicted octanol–water partition coefficient (Wildman–Crippen LogP) is 4.53. The van der Waals surface area contributed by atoms with Crippen LogP contribution in [0, 0.1) is 0 Å². The first-order valence-corrected chi connectivity index (χ1v) is 7.19. The van der Waals surface area contributed by atoms with E-state index in [0.29, 0.717) is 32.5 Å². The molecule has 0 fully saturated rings. The van der Waals surface area contributed by atoms with Gasteiger partial charge in [-0.3, -0.25) is 0 Å². The zero-order valence-electron chi connectivity index (χ0n) is 10.2. The third-order valence-electron chi connectivity index (χ3n) is 2.41. The van der Waals surface area contributed by atoms with Gasteiger partial charge in [-0.15, -0.1) is 0 Å². The van der Waals surface area contributed by atoms with Crippen LogP contribution in [0.2, 0.25) is 15.1 Å². The van der Waals surface area contributed by atoms with Gasteiger partial charge < -0.3 is 10.6 Å². The van der Waals surface area contributed by atoms with Crippen molar-refractivity contribution in [3.8, 4) is 0 Å². The largest absolute Gasteiger partial charge is 0.358 e. The topological polar surface area (TPSA) is 37.0 Å². The van der Waals surface area contributed by atoms with E-state index >= 15 is 0 Å². The van der Waals surface area contributed by atoms with Crippen molar-refractivity contribution in [3.63, 3.8) is 0 Å². The molecule has 1 aromatic heterocycles. The number of hydrogen-bond donors (Lipinski definition) is 2. The lowest BCUT2D eigenvalue weighted by Crippen LogP contribution is -2.28. The molecule has 0 radical (unpaired) electrons. The maximum absolute atomic E-state index is 6.00. The Morgan fingerprint density at radius 2 is 1.80 bits per heavy atom. The van der Waals surface area contributed by atoms with Crippen molar-refractivity contribution < 1.29 is 0 Å². The molecule has 0 amide bonds. The van der Waals surface area contributed by atoms with Crippen LogP contribution in [0.5, 0.6) is 0 Å². The number of pyridine rings is 1. The average molecular weight is 347 g/mol. The third-order valence-corrected chi connectivity index (χ3v) is 3.40. The van der Waals surface area contributed by atoms with Crippen LogP contribution in [0.4, 0.5) is 5.82 Å². The van der Waals surface area contributed by atoms with Gasteiger partial charge in [0.05, 0.1) is 10.0 Å². The molecule has 0 atom stereocenters. The second kappa shape index (κ2) is 7.09. The van der Waals surface area contributed by atoms with E-state index in [9.17, 15) is 0 Å². The van der Waals surface area contributed by atoms with Gasteiger partial charge in [0.25, 0.3) is 0 Å². The van der Waals surface area contributed by atoms with E-state index < -0.39 is 0 Å². The SMILES string of the molecule is S=C(NCc1ccc(Cl)cc1)Nc1ncc(Cl)cc1Cl. The van der Waals surface area contributed by atoms with Gasteiger partial charge in [-0.2, -0.15) is 0 Å². The van der Waals surface area contributed by atoms with Crippen molar-refractivity contribution in [2.75, 3.05) is 5.32 Å². The number of hydrogen-bond acceptors (Lipinski definition) is 2. The molecule has 20 heavy (non-hydrogen) atoms. The highest BCUT2D eigenvalue weighted by Gasteiger charge is 2.05. The zero-order valence-corrected chi connectivity index (χ0v) is 13.2. The van der Waals surface area contributed by atoms with Crippen molar-refractivity contribution in [3.05, 3.63) is 57.2 Å². The molecule has 0 aliphatic carbocycles. The summed E-state index contributed by atoms with van der Waals surface area (Å²) < 4.78 is 0. The van der Waals surface area contributed by atoms with E-state index in [1.165, 1.54) is 6.20 Å². The van der Waals surface area contributed by atoms with Gasteiger partial charge in [-0.1, -0.05) is 46.9 Å². The van der Waals surface area contributed by atoms with E-state index in [1.807, 2.05) is 24.3 Å². The van der Waals surface area contributed by atoms with Crippen LogP contribution in [0.15, 0.2) is 36.5 Å². The minimum atomic E-state index is 0.410. The van der Waals surface area contributed by atoms with Gasteiger partial charge in [-0.05, 0) is 36.0 Å². The number of halogens is 3. The highest BCUT2D eigenvalue weighted by Crippen LogP contribution is 2.22. The summed E-state index contributed by atoms with van der Waals surface area (Å²) in [7, 11) is 0. The summed E-state index contributed by atoms with van der Waals surface area (Å²) in [4.78, 5) is 4.06. The van der Waals surface area contributed by atoms with Crippen LogP contribution in [-0.4, -0.2) is 10.1 Å². The Kier molecular flexibility index (Phi) is 5.43. The molecule has 2 N–H and O–H groups in total. The zero-order chi connectivity index (χ0) is 14.5. The maximum Gasteiger partial charge on any atom is 0.172 e. The molecular formula is C13H10Cl3N3S. The number of anilines is 1. The van der Waals surface area contributed by atoms with E-state index in [2.05, 4.69) is 15.6 Å². The second-order valence-corrected chi connectivity index (χ2v) is 5.61. The first-order valence-electron chi connectivity index (χ1n) is 5.65. The van der Waals surface area contributed by atoms with E-state index in [0.717, 1.165) is 5.56 Å². The van der Waals surface area contributed by atoms with Gasteiger partial charge in [0.1, 0.15) is 0 Å². The molecule has 0 saturated heterocycles. The van der Waals surface area contributed by atoms with Crippen LogP contribution in [-0.2, 0) is 6.54 Å². The monoisotopic (exact) mass is 345 g/mol. The number of thiocarbonyl (C=S) groups is 1. The molecular weight excluding hydrogens is 337 g/mol. The van der Waals surface area contributed by atoms with Gasteiger partial charge in [0.2, 0.25) is 0 Å². The Morgan fingerprint density at radius 1 is 1.10 bits per heavy atom. The van der Waals surface area contributed by atoms with Gasteiger partial charge in [0.15, 0.2) is 10.9 Å². The van der Waals surface area contributed by atoms with Crippen LogP contribution in [0.25, 0.3) is 0 Å². The Morgan fingerprint density at radius 3 is 2.45 bits per heavy atom. The average Bonchev–Trinajstić information content (AvgIpc) is 2.41. The molecule has 1 aromatic carbocycles. The smallest absolute Gasteiger partial charge is 0.172 e. The van der Waals surface area contributed by atoms with Crippen molar-refractivity contribution >= 4 is 58.0 Å². The third kappa shape index (κ3) is 4.49. The Bertz CT molecular complexity index is 617. The van der Waals surface area contributed by atoms with E-state index in [-0.39, 0.29) is 0 Å². The molecule has 0 aliphatic rings. The molecule has 7 heteroatoms. The summed E-state index contributed by atoms with van der Waals surface area (Å²) in [6, 6.07) is 9.09. The van der Waals surface area contributed by atoms with Crippen LogP contribution < -0.4 is 10.6 Å². The second-order valence-electron chi connectivity index (χ2n) is 3.92. The lowest BCUT2D eigenvalue weighted by molar-refractivity contribution is 0.925. The van der Waals surface area contributed by atoms with Gasteiger partial charge >= 0.3 is 0 Å². The Balaban J connectivity index is 1.90. The molecule has 104 valence electrons. The summed E-state index contributed by atoms with van der Waals surface area (Å²) in [5, 5.41) is 7.98. The van der Waals surface area contributed by atoms with Gasteiger partial charge in [-0.25, -0.2) is 4.98 Å². The first kappa shape index (κ1) is 15.3. The van der Waals surface area contributed by atoms with Crippen molar-refractivity contribution in [2.45, 2.75) is 6.54 Å². The Labute approximate surface area is 137 Å². The summed E-state index contributed by atoms with van der Waals surface area (Å²) in [6.07, 6.45) is 1.50. The quantitative estimate of drug-likeness (QED) is 0.801. The minimum Gasteiger partial charge on any atom is -0.358 e. The molecule has 0 aliphatic heterocycles. The number of benzene rings is 1. The molecule has 3 nitrogen and oxygen atoms in total. The number of aromatic nitrogens is 1. The fourth-order valence-corrected chi connectivity index (χ4v) is 2.17. The number of nitrogens with one attached hydrogen (secondary N) is 2. The van der Waals surface area contributed by atoms with Crippen molar-refractivity contribution in [1.82, 2.24) is 10.3 Å². The normalized spacial score (nSPS) is 10.2. The lowest BCUT2D eigenvalue weighted by atomic mass is 10.2. The van der Waals surface area contributed by atoms with Crippen LogP contribution >= 0.6 is 47.0 Å². The summed E-state index contributed by atoms with van der Waals surface area (Å²) >= 11 is 22.8. The van der Waals surface area contributed by atoms with Gasteiger partial charge in [0, 0.05) is 17.8 Å². The number of nitrogens with zero attached hydrogens (tertiary/aromatic N) is 1. The lowest BCUT2D eigenvalue weighted by Gasteiger charge is -2.11. The molecule has 0 spiro atoms. The minimum absolute atomic E-state index is 0.410. The fourth-order valence-electron chi connectivity index (χ4n) is 1.44. The van der Waals surface area contributed by atoms with Crippen molar-refractivity contribution in [1.29, 1.82) is 0 Å². The maximum atomic E-state index is 6.00. The Hall–Kier alpha value is -1.07. The molecule has 2 aromatic rings. The molecule has 0 bridgehead atoms. The van der Waals surface area contributed by atoms with Crippen LogP contribution in [0.1, 0.15) is 5.56 Å². The standard InChI is InChI=1S/C13H10Cl3N3S/c14-9-3-1-8(2-4-9)6-18-13(20)19-12-11(16)5-10(15)7-17-12/h1-5,7H,6H2,(H2,17,18,19,20). The first-order chi connectivity index (χ1) is 9.54. The van der Waals surface area contributed by atoms with Crippen LogP contribution in [0.3, 0.4) is 0 Å². The van der Waals surface area contributed by atoms with E-state index in [4.69, 9.17) is 47.0 Å². The predicted molar refractivity (Wildman–Crippen MR) is 88.8 cm³/mol. The van der Waals surface area contributed by atoms with E-state index in [1.54, 1.807) is 6.07 Å². The fraction of sp³-hybridized carbons (Fsp3) is 0.0769. The molecule has 0 unspecified atom stereocenters. The molecule has 0 saturated carbocycles. The highest BCUT2D eigenvalue weighted by atomic mass is 35.5. The van der Waals surface area contributed by atoms with Crippen molar-refractivity contribution in [2.24, 2.45) is 0 Å². The molecule has 1 heterocycles. The molecule has 2 rings (SSSR count). The summed E-state index contributed by atoms with van der Waals surface area (Å²) in [6.45, 7) is 0.578. The summed E-state index contributed by atoms with van der Waals surface area (Å²) in [5.74, 6) is 0.463. The summed E-state index contributed by atoms with van der Waals surface area (Å²) in [5.41, 5.74) is 1.06.